The maximum Gasteiger partial charge on any atom is 0.246 e. The largest absolute Gasteiger partial charge is 0.372 e. The summed E-state index contributed by atoms with van der Waals surface area (Å²) in [6.45, 7) is 4.55. The van der Waals surface area contributed by atoms with Crippen molar-refractivity contribution in [3.05, 3.63) is 0 Å². The monoisotopic (exact) mass is 172 g/mol. The Morgan fingerprint density at radius 3 is 3.17 bits per heavy atom. The summed E-state index contributed by atoms with van der Waals surface area (Å²) >= 11 is 0. The van der Waals surface area contributed by atoms with Crippen molar-refractivity contribution in [3.63, 3.8) is 0 Å². The van der Waals surface area contributed by atoms with Crippen LogP contribution in [0.2, 0.25) is 0 Å². The second-order valence-electron chi connectivity index (χ2n) is 2.89. The Bertz CT molecular complexity index is 144. The Kier molecular flexibility index (Phi) is 4.04. The van der Waals surface area contributed by atoms with E-state index < -0.39 is 0 Å². The maximum absolute atomic E-state index is 11.1. The molecule has 4 nitrogen and oxygen atoms in total. The lowest BCUT2D eigenvalue weighted by molar-refractivity contribution is -0.126. The topological polar surface area (TPSA) is 50.4 Å². The van der Waals surface area contributed by atoms with Gasteiger partial charge in [0, 0.05) is 19.2 Å². The van der Waals surface area contributed by atoms with Crippen LogP contribution in [-0.4, -0.2) is 38.3 Å². The molecular weight excluding hydrogens is 156 g/mol. The summed E-state index contributed by atoms with van der Waals surface area (Å²) in [5.74, 6) is -0.00875. The molecule has 1 aliphatic rings. The van der Waals surface area contributed by atoms with Crippen LogP contribution in [0.25, 0.3) is 0 Å². The van der Waals surface area contributed by atoms with Gasteiger partial charge in [-0.3, -0.25) is 4.79 Å². The highest BCUT2D eigenvalue weighted by Gasteiger charge is 2.15. The Hall–Kier alpha value is -0.610. The first-order chi connectivity index (χ1) is 5.83. The summed E-state index contributed by atoms with van der Waals surface area (Å²) in [6.07, 6.45) is 1.03. The van der Waals surface area contributed by atoms with Crippen molar-refractivity contribution in [2.45, 2.75) is 19.4 Å². The lowest BCUT2D eigenvalue weighted by atomic mass is 10.2. The summed E-state index contributed by atoms with van der Waals surface area (Å²) in [6, 6.07) is 0.304. The van der Waals surface area contributed by atoms with Crippen LogP contribution in [0, 0.1) is 0 Å². The number of carbonyl (C=O) groups is 1. The Morgan fingerprint density at radius 1 is 1.75 bits per heavy atom. The zero-order valence-corrected chi connectivity index (χ0v) is 7.43. The molecule has 0 aliphatic carbocycles. The molecule has 1 rings (SSSR count). The lowest BCUT2D eigenvalue weighted by Gasteiger charge is -2.10. The predicted octanol–water partition coefficient (Wildman–Crippen LogP) is -0.499. The first kappa shape index (κ1) is 9.48. The van der Waals surface area contributed by atoms with Crippen molar-refractivity contribution >= 4 is 5.91 Å². The fraction of sp³-hybridized carbons (Fsp3) is 0.875. The minimum absolute atomic E-state index is 0.00875. The van der Waals surface area contributed by atoms with E-state index in [-0.39, 0.29) is 12.5 Å². The van der Waals surface area contributed by atoms with E-state index in [4.69, 9.17) is 4.74 Å². The highest BCUT2D eigenvalue weighted by Crippen LogP contribution is 1.96. The zero-order valence-electron chi connectivity index (χ0n) is 7.43. The number of rotatable bonds is 4. The molecular formula is C8H16N2O2. The highest BCUT2D eigenvalue weighted by atomic mass is 16.5. The van der Waals surface area contributed by atoms with Crippen LogP contribution < -0.4 is 10.6 Å². The van der Waals surface area contributed by atoms with Gasteiger partial charge >= 0.3 is 0 Å². The summed E-state index contributed by atoms with van der Waals surface area (Å²) < 4.78 is 4.97. The molecule has 12 heavy (non-hydrogen) atoms. The van der Waals surface area contributed by atoms with Gasteiger partial charge in [0.1, 0.15) is 6.61 Å². The molecule has 0 aromatic heterocycles. The van der Waals surface area contributed by atoms with Gasteiger partial charge in [0.2, 0.25) is 5.91 Å². The Morgan fingerprint density at radius 2 is 2.58 bits per heavy atom. The van der Waals surface area contributed by atoms with Crippen LogP contribution >= 0.6 is 0 Å². The van der Waals surface area contributed by atoms with Crippen molar-refractivity contribution in [1.29, 1.82) is 0 Å². The van der Waals surface area contributed by atoms with Gasteiger partial charge < -0.3 is 15.4 Å². The molecule has 1 unspecified atom stereocenters. The third-order valence-corrected chi connectivity index (χ3v) is 1.86. The average Bonchev–Trinajstić information content (AvgIpc) is 2.53. The molecule has 70 valence electrons. The van der Waals surface area contributed by atoms with Crippen LogP contribution in [-0.2, 0) is 9.53 Å². The molecule has 1 aliphatic heterocycles. The standard InChI is InChI=1S/C8H16N2O2/c1-2-12-6-8(11)10-7-3-4-9-5-7/h7,9H,2-6H2,1H3,(H,10,11). The molecule has 0 spiro atoms. The second kappa shape index (κ2) is 5.11. The minimum Gasteiger partial charge on any atom is -0.372 e. The number of nitrogens with one attached hydrogen (secondary N) is 2. The van der Waals surface area contributed by atoms with Crippen molar-refractivity contribution in [3.8, 4) is 0 Å². The van der Waals surface area contributed by atoms with Crippen molar-refractivity contribution in [2.75, 3.05) is 26.3 Å². The molecule has 1 amide bonds. The van der Waals surface area contributed by atoms with Gasteiger partial charge in [-0.15, -0.1) is 0 Å². The van der Waals surface area contributed by atoms with E-state index in [9.17, 15) is 4.79 Å². The Labute approximate surface area is 72.7 Å². The smallest absolute Gasteiger partial charge is 0.246 e. The maximum atomic E-state index is 11.1. The molecule has 1 saturated heterocycles. The van der Waals surface area contributed by atoms with Crippen molar-refractivity contribution in [1.82, 2.24) is 10.6 Å². The van der Waals surface area contributed by atoms with Crippen molar-refractivity contribution < 1.29 is 9.53 Å². The molecule has 1 fully saturated rings. The van der Waals surface area contributed by atoms with Gasteiger partial charge in [-0.2, -0.15) is 0 Å². The summed E-state index contributed by atoms with van der Waals surface area (Å²) in [7, 11) is 0. The van der Waals surface area contributed by atoms with E-state index in [2.05, 4.69) is 10.6 Å². The molecule has 0 aromatic carbocycles. The van der Waals surface area contributed by atoms with Gasteiger partial charge in [-0.25, -0.2) is 0 Å². The summed E-state index contributed by atoms with van der Waals surface area (Å²) in [4.78, 5) is 11.1. The van der Waals surface area contributed by atoms with Crippen LogP contribution in [0.3, 0.4) is 0 Å². The number of ether oxygens (including phenoxy) is 1. The van der Waals surface area contributed by atoms with Gasteiger partial charge in [0.15, 0.2) is 0 Å². The SMILES string of the molecule is CCOCC(=O)NC1CCNC1. The third kappa shape index (κ3) is 3.19. The van der Waals surface area contributed by atoms with E-state index in [1.807, 2.05) is 6.92 Å². The number of carbonyl (C=O) groups excluding carboxylic acids is 1. The normalized spacial score (nSPS) is 22.6. The summed E-state index contributed by atoms with van der Waals surface area (Å²) in [5.41, 5.74) is 0. The van der Waals surface area contributed by atoms with Crippen LogP contribution in [0.15, 0.2) is 0 Å². The van der Waals surface area contributed by atoms with Gasteiger partial charge in [-0.1, -0.05) is 0 Å². The molecule has 1 atom stereocenters. The Balaban J connectivity index is 2.08. The van der Waals surface area contributed by atoms with Crippen LogP contribution in [0.4, 0.5) is 0 Å². The molecule has 1 heterocycles. The van der Waals surface area contributed by atoms with Gasteiger partial charge in [0.05, 0.1) is 0 Å². The summed E-state index contributed by atoms with van der Waals surface area (Å²) in [5, 5.41) is 6.07. The second-order valence-corrected chi connectivity index (χ2v) is 2.89. The van der Waals surface area contributed by atoms with Gasteiger partial charge in [0.25, 0.3) is 0 Å². The third-order valence-electron chi connectivity index (χ3n) is 1.86. The van der Waals surface area contributed by atoms with E-state index >= 15 is 0 Å². The van der Waals surface area contributed by atoms with Crippen LogP contribution in [0.5, 0.6) is 0 Å². The first-order valence-electron chi connectivity index (χ1n) is 4.40. The van der Waals surface area contributed by atoms with Crippen molar-refractivity contribution in [2.24, 2.45) is 0 Å². The molecule has 0 saturated carbocycles. The fourth-order valence-corrected chi connectivity index (χ4v) is 1.24. The molecule has 0 radical (unpaired) electrons. The molecule has 0 bridgehead atoms. The first-order valence-corrected chi connectivity index (χ1v) is 4.40. The van der Waals surface area contributed by atoms with E-state index in [0.29, 0.717) is 12.6 Å². The molecule has 4 heteroatoms. The number of hydrogen-bond acceptors (Lipinski definition) is 3. The van der Waals surface area contributed by atoms with E-state index in [1.165, 1.54) is 0 Å². The average molecular weight is 172 g/mol. The van der Waals surface area contributed by atoms with E-state index in [0.717, 1.165) is 19.5 Å². The molecule has 0 aromatic rings. The van der Waals surface area contributed by atoms with E-state index in [1.54, 1.807) is 0 Å². The lowest BCUT2D eigenvalue weighted by Crippen LogP contribution is -2.38. The number of hydrogen-bond donors (Lipinski definition) is 2. The molecule has 2 N–H and O–H groups in total. The van der Waals surface area contributed by atoms with Crippen LogP contribution in [0.1, 0.15) is 13.3 Å². The fourth-order valence-electron chi connectivity index (χ4n) is 1.24. The quantitative estimate of drug-likeness (QED) is 0.601. The zero-order chi connectivity index (χ0) is 8.81. The minimum atomic E-state index is -0.00875. The number of amides is 1. The predicted molar refractivity (Wildman–Crippen MR) is 45.9 cm³/mol. The van der Waals surface area contributed by atoms with Gasteiger partial charge in [-0.05, 0) is 19.9 Å². The highest BCUT2D eigenvalue weighted by molar-refractivity contribution is 5.77.